The molecule has 0 radical (unpaired) electrons. The fourth-order valence-corrected chi connectivity index (χ4v) is 3.89. The second-order valence-electron chi connectivity index (χ2n) is 6.09. The summed E-state index contributed by atoms with van der Waals surface area (Å²) in [7, 11) is 0. The van der Waals surface area contributed by atoms with Crippen molar-refractivity contribution in [3.63, 3.8) is 0 Å². The van der Waals surface area contributed by atoms with Crippen molar-refractivity contribution in [2.24, 2.45) is 0 Å². The number of thiazole rings is 1. The standard InChI is InChI=1S/C18H25N3S/c1-2-4-8-15(9-5-3-1)19-13-11-18-21-17(14-22-18)16-10-6-7-12-20-16/h6-7,10,12,14-15,19H,1-5,8-9,11,13H2. The van der Waals surface area contributed by atoms with Gasteiger partial charge in [0.1, 0.15) is 0 Å². The van der Waals surface area contributed by atoms with Crippen molar-refractivity contribution in [2.45, 2.75) is 57.4 Å². The molecule has 0 atom stereocenters. The fraction of sp³-hybridized carbons (Fsp3) is 0.556. The van der Waals surface area contributed by atoms with Crippen LogP contribution in [-0.2, 0) is 6.42 Å². The molecule has 1 aliphatic rings. The van der Waals surface area contributed by atoms with E-state index in [2.05, 4.69) is 15.7 Å². The van der Waals surface area contributed by atoms with E-state index in [4.69, 9.17) is 4.98 Å². The highest BCUT2D eigenvalue weighted by molar-refractivity contribution is 7.09. The summed E-state index contributed by atoms with van der Waals surface area (Å²) in [5.74, 6) is 0. The molecule has 4 heteroatoms. The largest absolute Gasteiger partial charge is 0.314 e. The first-order chi connectivity index (χ1) is 10.9. The van der Waals surface area contributed by atoms with Gasteiger partial charge >= 0.3 is 0 Å². The zero-order chi connectivity index (χ0) is 15.0. The van der Waals surface area contributed by atoms with Crippen LogP contribution in [0.15, 0.2) is 29.8 Å². The van der Waals surface area contributed by atoms with E-state index < -0.39 is 0 Å². The molecular weight excluding hydrogens is 290 g/mol. The minimum Gasteiger partial charge on any atom is -0.314 e. The number of aromatic nitrogens is 2. The molecule has 2 aromatic heterocycles. The molecule has 22 heavy (non-hydrogen) atoms. The SMILES string of the molecule is c1ccc(-c2csc(CCNC3CCCCCCC3)n2)nc1. The highest BCUT2D eigenvalue weighted by Gasteiger charge is 2.11. The minimum absolute atomic E-state index is 0.718. The van der Waals surface area contributed by atoms with Crippen LogP contribution in [0.25, 0.3) is 11.4 Å². The van der Waals surface area contributed by atoms with Crippen LogP contribution in [0.1, 0.15) is 50.0 Å². The molecule has 0 aliphatic heterocycles. The Balaban J connectivity index is 1.46. The Bertz CT molecular complexity index is 544. The summed E-state index contributed by atoms with van der Waals surface area (Å²) in [6.07, 6.45) is 12.6. The monoisotopic (exact) mass is 315 g/mol. The van der Waals surface area contributed by atoms with Gasteiger partial charge in [0.2, 0.25) is 0 Å². The van der Waals surface area contributed by atoms with Gasteiger partial charge in [0.15, 0.2) is 0 Å². The molecule has 2 aromatic rings. The van der Waals surface area contributed by atoms with E-state index >= 15 is 0 Å². The lowest BCUT2D eigenvalue weighted by atomic mass is 9.97. The van der Waals surface area contributed by atoms with Crippen molar-refractivity contribution in [3.05, 3.63) is 34.8 Å². The van der Waals surface area contributed by atoms with Crippen molar-refractivity contribution in [3.8, 4) is 11.4 Å². The average molecular weight is 315 g/mol. The molecule has 0 spiro atoms. The topological polar surface area (TPSA) is 37.8 Å². The Morgan fingerprint density at radius 2 is 1.86 bits per heavy atom. The normalized spacial score (nSPS) is 17.1. The molecular formula is C18H25N3S. The van der Waals surface area contributed by atoms with E-state index in [-0.39, 0.29) is 0 Å². The quantitative estimate of drug-likeness (QED) is 0.886. The predicted octanol–water partition coefficient (Wildman–Crippen LogP) is 4.45. The van der Waals surface area contributed by atoms with Gasteiger partial charge in [-0.25, -0.2) is 4.98 Å². The van der Waals surface area contributed by atoms with Crippen molar-refractivity contribution in [1.82, 2.24) is 15.3 Å². The van der Waals surface area contributed by atoms with Crippen LogP contribution < -0.4 is 5.32 Å². The summed E-state index contributed by atoms with van der Waals surface area (Å²) < 4.78 is 0. The number of pyridine rings is 1. The van der Waals surface area contributed by atoms with Gasteiger partial charge in [-0.15, -0.1) is 11.3 Å². The van der Waals surface area contributed by atoms with Gasteiger partial charge in [-0.2, -0.15) is 0 Å². The first kappa shape index (κ1) is 15.6. The maximum Gasteiger partial charge on any atom is 0.0998 e. The molecule has 0 aromatic carbocycles. The molecule has 1 fully saturated rings. The first-order valence-electron chi connectivity index (χ1n) is 8.51. The van der Waals surface area contributed by atoms with Crippen molar-refractivity contribution >= 4 is 11.3 Å². The zero-order valence-electron chi connectivity index (χ0n) is 13.1. The fourth-order valence-electron chi connectivity index (χ4n) is 3.10. The summed E-state index contributed by atoms with van der Waals surface area (Å²) in [6, 6.07) is 6.69. The Kier molecular flexibility index (Phi) is 5.96. The highest BCUT2D eigenvalue weighted by Crippen LogP contribution is 2.20. The van der Waals surface area contributed by atoms with Crippen LogP contribution in [0.3, 0.4) is 0 Å². The number of nitrogens with zero attached hydrogens (tertiary/aromatic N) is 2. The smallest absolute Gasteiger partial charge is 0.0998 e. The molecule has 0 amide bonds. The van der Waals surface area contributed by atoms with Gasteiger partial charge in [0.05, 0.1) is 16.4 Å². The lowest BCUT2D eigenvalue weighted by Gasteiger charge is -2.20. The Morgan fingerprint density at radius 3 is 2.64 bits per heavy atom. The molecule has 118 valence electrons. The van der Waals surface area contributed by atoms with Crippen LogP contribution in [-0.4, -0.2) is 22.6 Å². The van der Waals surface area contributed by atoms with Gasteiger partial charge in [-0.3, -0.25) is 4.98 Å². The summed E-state index contributed by atoms with van der Waals surface area (Å²) >= 11 is 1.75. The third kappa shape index (κ3) is 4.62. The van der Waals surface area contributed by atoms with Crippen molar-refractivity contribution in [2.75, 3.05) is 6.54 Å². The van der Waals surface area contributed by atoms with E-state index in [1.165, 1.54) is 50.0 Å². The molecule has 3 nitrogen and oxygen atoms in total. The second-order valence-corrected chi connectivity index (χ2v) is 7.03. The average Bonchev–Trinajstić information content (AvgIpc) is 2.99. The lowest BCUT2D eigenvalue weighted by Crippen LogP contribution is -2.31. The van der Waals surface area contributed by atoms with E-state index in [1.54, 1.807) is 11.3 Å². The van der Waals surface area contributed by atoms with E-state index in [1.807, 2.05) is 24.4 Å². The Hall–Kier alpha value is -1.26. The number of nitrogens with one attached hydrogen (secondary N) is 1. The third-order valence-corrected chi connectivity index (χ3v) is 5.26. The molecule has 0 bridgehead atoms. The molecule has 0 saturated heterocycles. The summed E-state index contributed by atoms with van der Waals surface area (Å²) in [5.41, 5.74) is 1.98. The number of hydrogen-bond donors (Lipinski definition) is 1. The summed E-state index contributed by atoms with van der Waals surface area (Å²) in [4.78, 5) is 9.08. The van der Waals surface area contributed by atoms with Gasteiger partial charge in [0.25, 0.3) is 0 Å². The van der Waals surface area contributed by atoms with Crippen LogP contribution in [0.2, 0.25) is 0 Å². The predicted molar refractivity (Wildman–Crippen MR) is 93.2 cm³/mol. The molecule has 1 aliphatic carbocycles. The lowest BCUT2D eigenvalue weighted by molar-refractivity contribution is 0.392. The van der Waals surface area contributed by atoms with Crippen LogP contribution >= 0.6 is 11.3 Å². The van der Waals surface area contributed by atoms with Crippen molar-refractivity contribution < 1.29 is 0 Å². The Labute approximate surface area is 137 Å². The third-order valence-electron chi connectivity index (χ3n) is 4.36. The molecule has 1 saturated carbocycles. The van der Waals surface area contributed by atoms with Crippen LogP contribution in [0, 0.1) is 0 Å². The summed E-state index contributed by atoms with van der Waals surface area (Å²) in [5, 5.41) is 7.06. The highest BCUT2D eigenvalue weighted by atomic mass is 32.1. The number of hydrogen-bond acceptors (Lipinski definition) is 4. The molecule has 3 rings (SSSR count). The molecule has 1 N–H and O–H groups in total. The van der Waals surface area contributed by atoms with E-state index in [0.29, 0.717) is 0 Å². The zero-order valence-corrected chi connectivity index (χ0v) is 13.9. The molecule has 2 heterocycles. The second kappa shape index (κ2) is 8.39. The number of rotatable bonds is 5. The minimum atomic E-state index is 0.718. The van der Waals surface area contributed by atoms with Crippen molar-refractivity contribution in [1.29, 1.82) is 0 Å². The maximum atomic E-state index is 4.71. The Morgan fingerprint density at radius 1 is 1.05 bits per heavy atom. The first-order valence-corrected chi connectivity index (χ1v) is 9.39. The summed E-state index contributed by atoms with van der Waals surface area (Å²) in [6.45, 7) is 1.04. The van der Waals surface area contributed by atoms with Gasteiger partial charge in [0, 0.05) is 30.6 Å². The van der Waals surface area contributed by atoms with Gasteiger partial charge in [-0.1, -0.05) is 38.2 Å². The maximum absolute atomic E-state index is 4.71. The van der Waals surface area contributed by atoms with E-state index in [0.717, 1.165) is 30.4 Å². The van der Waals surface area contributed by atoms with Gasteiger partial charge in [-0.05, 0) is 25.0 Å². The molecule has 0 unspecified atom stereocenters. The van der Waals surface area contributed by atoms with Crippen LogP contribution in [0.5, 0.6) is 0 Å². The van der Waals surface area contributed by atoms with Gasteiger partial charge < -0.3 is 5.32 Å². The van der Waals surface area contributed by atoms with Crippen LogP contribution in [0.4, 0.5) is 0 Å². The van der Waals surface area contributed by atoms with E-state index in [9.17, 15) is 0 Å².